The fraction of sp³-hybridized carbons (Fsp3) is 0.316. The van der Waals surface area contributed by atoms with Crippen molar-refractivity contribution in [2.24, 2.45) is 0 Å². The molecule has 0 aliphatic carbocycles. The number of carbonyl (C=O) groups is 1. The zero-order valence-corrected chi connectivity index (χ0v) is 13.3. The Morgan fingerprint density at radius 3 is 2.32 bits per heavy atom. The molecule has 3 nitrogen and oxygen atoms in total. The van der Waals surface area contributed by atoms with Crippen LogP contribution in [0.4, 0.5) is 0 Å². The second-order valence-corrected chi connectivity index (χ2v) is 5.70. The maximum absolute atomic E-state index is 11.6. The second kappa shape index (κ2) is 7.12. The van der Waals surface area contributed by atoms with Gasteiger partial charge in [-0.15, -0.1) is 0 Å². The Balaban J connectivity index is 2.05. The molecule has 0 amide bonds. The van der Waals surface area contributed by atoms with E-state index in [0.29, 0.717) is 13.0 Å². The summed E-state index contributed by atoms with van der Waals surface area (Å²) in [4.78, 5) is 11.6. The highest BCUT2D eigenvalue weighted by Crippen LogP contribution is 2.25. The molecule has 3 heteroatoms. The smallest absolute Gasteiger partial charge is 0.311 e. The van der Waals surface area contributed by atoms with E-state index in [1.807, 2.05) is 63.2 Å². The summed E-state index contributed by atoms with van der Waals surface area (Å²) < 4.78 is 5.67. The Kier molecular flexibility index (Phi) is 5.21. The van der Waals surface area contributed by atoms with E-state index in [9.17, 15) is 9.90 Å². The van der Waals surface area contributed by atoms with Crippen molar-refractivity contribution in [2.75, 3.05) is 6.61 Å². The number of ether oxygens (including phenoxy) is 1. The number of hydrogen-bond acceptors (Lipinski definition) is 2. The highest BCUT2D eigenvalue weighted by Gasteiger charge is 2.21. The molecule has 2 aromatic carbocycles. The molecule has 0 aliphatic heterocycles. The summed E-state index contributed by atoms with van der Waals surface area (Å²) in [7, 11) is 0. The van der Waals surface area contributed by atoms with Gasteiger partial charge in [-0.3, -0.25) is 4.79 Å². The Bertz CT molecular complexity index is 644. The molecule has 22 heavy (non-hydrogen) atoms. The van der Waals surface area contributed by atoms with E-state index in [4.69, 9.17) is 4.74 Å². The molecule has 0 saturated carbocycles. The molecule has 1 N–H and O–H groups in total. The largest absolute Gasteiger partial charge is 0.494 e. The molecule has 0 saturated heterocycles. The lowest BCUT2D eigenvalue weighted by Crippen LogP contribution is -2.16. The monoisotopic (exact) mass is 298 g/mol. The van der Waals surface area contributed by atoms with E-state index >= 15 is 0 Å². The summed E-state index contributed by atoms with van der Waals surface area (Å²) >= 11 is 0. The highest BCUT2D eigenvalue weighted by molar-refractivity contribution is 5.76. The summed E-state index contributed by atoms with van der Waals surface area (Å²) in [5.41, 5.74) is 4.13. The normalized spacial score (nSPS) is 12.0. The second-order valence-electron chi connectivity index (χ2n) is 5.70. The van der Waals surface area contributed by atoms with Gasteiger partial charge in [-0.2, -0.15) is 0 Å². The van der Waals surface area contributed by atoms with Gasteiger partial charge in [-0.1, -0.05) is 41.5 Å². The molecule has 1 unspecified atom stereocenters. The van der Waals surface area contributed by atoms with Crippen molar-refractivity contribution in [3.63, 3.8) is 0 Å². The lowest BCUT2D eigenvalue weighted by Gasteiger charge is -2.16. The van der Waals surface area contributed by atoms with Crippen LogP contribution in [0.15, 0.2) is 42.5 Å². The van der Waals surface area contributed by atoms with Crippen LogP contribution in [-0.2, 0) is 4.79 Å². The first-order chi connectivity index (χ1) is 10.5. The van der Waals surface area contributed by atoms with E-state index in [1.165, 1.54) is 5.56 Å². The summed E-state index contributed by atoms with van der Waals surface area (Å²) in [5.74, 6) is -0.567. The van der Waals surface area contributed by atoms with Gasteiger partial charge in [0.1, 0.15) is 5.75 Å². The Labute approximate surface area is 131 Å². The number of aryl methyl sites for hydroxylation is 3. The summed E-state index contributed by atoms with van der Waals surface area (Å²) in [6, 6.07) is 13.7. The first-order valence-corrected chi connectivity index (χ1v) is 7.47. The molecular formula is C19H22O3. The van der Waals surface area contributed by atoms with Gasteiger partial charge in [0.2, 0.25) is 0 Å². The van der Waals surface area contributed by atoms with Gasteiger partial charge in [-0.05, 0) is 50.5 Å². The molecular weight excluding hydrogens is 276 g/mol. The predicted molar refractivity (Wildman–Crippen MR) is 87.6 cm³/mol. The van der Waals surface area contributed by atoms with Crippen molar-refractivity contribution < 1.29 is 14.6 Å². The van der Waals surface area contributed by atoms with Crippen LogP contribution in [0.5, 0.6) is 5.75 Å². The number of rotatable bonds is 6. The molecule has 1 atom stereocenters. The van der Waals surface area contributed by atoms with Gasteiger partial charge in [0.05, 0.1) is 12.5 Å². The minimum absolute atomic E-state index is 0.382. The molecule has 0 spiro atoms. The first kappa shape index (κ1) is 16.1. The zero-order valence-electron chi connectivity index (χ0n) is 13.3. The fourth-order valence-corrected chi connectivity index (χ4v) is 2.48. The van der Waals surface area contributed by atoms with E-state index in [1.54, 1.807) is 0 Å². The van der Waals surface area contributed by atoms with Gasteiger partial charge in [-0.25, -0.2) is 0 Å². The van der Waals surface area contributed by atoms with Crippen molar-refractivity contribution in [3.05, 3.63) is 64.7 Å². The molecule has 2 rings (SSSR count). The predicted octanol–water partition coefficient (Wildman–Crippen LogP) is 4.25. The Hall–Kier alpha value is -2.29. The molecule has 0 fully saturated rings. The maximum atomic E-state index is 11.6. The minimum atomic E-state index is -0.804. The van der Waals surface area contributed by atoms with Gasteiger partial charge in [0.25, 0.3) is 0 Å². The van der Waals surface area contributed by atoms with Crippen LogP contribution in [0.2, 0.25) is 0 Å². The van der Waals surface area contributed by atoms with Crippen LogP contribution in [0.25, 0.3) is 0 Å². The third kappa shape index (κ3) is 4.10. The lowest BCUT2D eigenvalue weighted by molar-refractivity contribution is -0.139. The SMILES string of the molecule is Cc1ccc(OCCC(C(=O)O)c2cc(C)ccc2C)cc1. The standard InChI is InChI=1S/C19H22O3/c1-13-5-8-16(9-6-13)22-11-10-17(19(20)21)18-12-14(2)4-7-15(18)3/h4-9,12,17H,10-11H2,1-3H3,(H,20,21). The highest BCUT2D eigenvalue weighted by atomic mass is 16.5. The summed E-state index contributed by atoms with van der Waals surface area (Å²) in [5, 5.41) is 9.52. The molecule has 0 heterocycles. The van der Waals surface area contributed by atoms with Gasteiger partial charge >= 0.3 is 5.97 Å². The number of benzene rings is 2. The van der Waals surface area contributed by atoms with Gasteiger partial charge in [0.15, 0.2) is 0 Å². The fourth-order valence-electron chi connectivity index (χ4n) is 2.48. The van der Waals surface area contributed by atoms with E-state index in [0.717, 1.165) is 22.4 Å². The third-order valence-electron chi connectivity index (χ3n) is 3.80. The zero-order chi connectivity index (χ0) is 16.1. The summed E-state index contributed by atoms with van der Waals surface area (Å²) in [6.07, 6.45) is 0.452. The molecule has 0 bridgehead atoms. The first-order valence-electron chi connectivity index (χ1n) is 7.47. The average molecular weight is 298 g/mol. The van der Waals surface area contributed by atoms with Crippen LogP contribution in [0.3, 0.4) is 0 Å². The average Bonchev–Trinajstić information content (AvgIpc) is 2.48. The van der Waals surface area contributed by atoms with Crippen molar-refractivity contribution in [1.82, 2.24) is 0 Å². The Morgan fingerprint density at radius 2 is 1.68 bits per heavy atom. The lowest BCUT2D eigenvalue weighted by atomic mass is 9.91. The minimum Gasteiger partial charge on any atom is -0.494 e. The van der Waals surface area contributed by atoms with E-state index < -0.39 is 11.9 Å². The van der Waals surface area contributed by atoms with E-state index in [2.05, 4.69) is 0 Å². The summed E-state index contributed by atoms with van der Waals surface area (Å²) in [6.45, 7) is 6.33. The van der Waals surface area contributed by atoms with Crippen LogP contribution in [-0.4, -0.2) is 17.7 Å². The van der Waals surface area contributed by atoms with Crippen molar-refractivity contribution >= 4 is 5.97 Å². The van der Waals surface area contributed by atoms with Crippen molar-refractivity contribution in [1.29, 1.82) is 0 Å². The van der Waals surface area contributed by atoms with Gasteiger partial charge < -0.3 is 9.84 Å². The topological polar surface area (TPSA) is 46.5 Å². The van der Waals surface area contributed by atoms with Gasteiger partial charge in [0, 0.05) is 0 Å². The number of hydrogen-bond donors (Lipinski definition) is 1. The number of carboxylic acids is 1. The molecule has 0 radical (unpaired) electrons. The van der Waals surface area contributed by atoms with Crippen molar-refractivity contribution in [3.8, 4) is 5.75 Å². The molecule has 0 aliphatic rings. The maximum Gasteiger partial charge on any atom is 0.311 e. The molecule has 2 aromatic rings. The number of aliphatic carboxylic acids is 1. The third-order valence-corrected chi connectivity index (χ3v) is 3.80. The quantitative estimate of drug-likeness (QED) is 0.867. The van der Waals surface area contributed by atoms with Crippen LogP contribution < -0.4 is 4.74 Å². The van der Waals surface area contributed by atoms with E-state index in [-0.39, 0.29) is 0 Å². The van der Waals surface area contributed by atoms with Crippen LogP contribution in [0.1, 0.15) is 34.6 Å². The Morgan fingerprint density at radius 1 is 1.05 bits per heavy atom. The van der Waals surface area contributed by atoms with Crippen LogP contribution in [0, 0.1) is 20.8 Å². The van der Waals surface area contributed by atoms with Crippen LogP contribution >= 0.6 is 0 Å². The molecule has 0 aromatic heterocycles. The number of carboxylic acid groups (broad SMARTS) is 1. The van der Waals surface area contributed by atoms with Crippen molar-refractivity contribution in [2.45, 2.75) is 33.1 Å². The molecule has 116 valence electrons.